The molecule has 1 aliphatic heterocycles. The van der Waals surface area contributed by atoms with Crippen molar-refractivity contribution in [2.45, 2.75) is 39.4 Å². The Morgan fingerprint density at radius 3 is 2.78 bits per heavy atom. The molecule has 0 spiro atoms. The Hall–Kier alpha value is -1.55. The first kappa shape index (κ1) is 12.9. The van der Waals surface area contributed by atoms with Crippen molar-refractivity contribution in [2.75, 3.05) is 11.4 Å². The van der Waals surface area contributed by atoms with Gasteiger partial charge in [-0.2, -0.15) is 0 Å². The lowest BCUT2D eigenvalue weighted by molar-refractivity contribution is 0.0584. The summed E-state index contributed by atoms with van der Waals surface area (Å²) in [5.74, 6) is 0. The third kappa shape index (κ3) is 2.64. The summed E-state index contributed by atoms with van der Waals surface area (Å²) in [5.41, 5.74) is 2.30. The molecule has 0 radical (unpaired) electrons. The van der Waals surface area contributed by atoms with Crippen LogP contribution >= 0.6 is 0 Å². The van der Waals surface area contributed by atoms with Crippen molar-refractivity contribution in [3.05, 3.63) is 29.3 Å². The topological polar surface area (TPSA) is 49.8 Å². The molecular formula is C14H19NO3. The molecular weight excluding hydrogens is 230 g/mol. The molecule has 1 amide bonds. The Balaban J connectivity index is 2.22. The molecule has 1 aliphatic rings. The fourth-order valence-electron chi connectivity index (χ4n) is 2.03. The maximum atomic E-state index is 12.1. The molecule has 0 atom stereocenters. The monoisotopic (exact) mass is 249 g/mol. The molecule has 1 heterocycles. The predicted octanol–water partition coefficient (Wildman–Crippen LogP) is 2.48. The fourth-order valence-corrected chi connectivity index (χ4v) is 2.03. The number of ether oxygens (including phenoxy) is 1. The fraction of sp³-hybridized carbons (Fsp3) is 0.500. The van der Waals surface area contributed by atoms with Gasteiger partial charge in [0.05, 0.1) is 12.3 Å². The Labute approximate surface area is 107 Å². The summed E-state index contributed by atoms with van der Waals surface area (Å²) in [4.78, 5) is 13.7. The van der Waals surface area contributed by atoms with Gasteiger partial charge in [0.25, 0.3) is 0 Å². The van der Waals surface area contributed by atoms with Gasteiger partial charge < -0.3 is 9.84 Å². The van der Waals surface area contributed by atoms with E-state index in [4.69, 9.17) is 9.84 Å². The molecule has 1 N–H and O–H groups in total. The Bertz CT molecular complexity index is 463. The van der Waals surface area contributed by atoms with Crippen molar-refractivity contribution < 1.29 is 14.6 Å². The van der Waals surface area contributed by atoms with E-state index in [0.717, 1.165) is 23.2 Å². The summed E-state index contributed by atoms with van der Waals surface area (Å²) in [5, 5.41) is 9.15. The molecule has 0 aliphatic carbocycles. The number of amides is 1. The normalized spacial score (nSPS) is 14.6. The highest BCUT2D eigenvalue weighted by molar-refractivity contribution is 5.90. The number of carbonyl (C=O) groups is 1. The van der Waals surface area contributed by atoms with Gasteiger partial charge in [0.1, 0.15) is 5.60 Å². The number of fused-ring (bicyclic) bond motifs is 1. The minimum Gasteiger partial charge on any atom is -0.443 e. The standard InChI is InChI=1S/C14H19NO3/c1-14(2,3)18-13(17)15-7-6-11-5-4-10(9-16)8-12(11)15/h4-5,8,16H,6-7,9H2,1-3H3. The first-order chi connectivity index (χ1) is 8.40. The number of hydrogen-bond acceptors (Lipinski definition) is 3. The first-order valence-electron chi connectivity index (χ1n) is 6.14. The number of anilines is 1. The van der Waals surface area contributed by atoms with E-state index in [0.29, 0.717) is 6.54 Å². The Morgan fingerprint density at radius 2 is 2.17 bits per heavy atom. The molecule has 18 heavy (non-hydrogen) atoms. The second-order valence-electron chi connectivity index (χ2n) is 5.50. The number of hydrogen-bond donors (Lipinski definition) is 1. The quantitative estimate of drug-likeness (QED) is 0.831. The van der Waals surface area contributed by atoms with E-state index < -0.39 is 5.60 Å². The van der Waals surface area contributed by atoms with Gasteiger partial charge in [-0.1, -0.05) is 12.1 Å². The summed E-state index contributed by atoms with van der Waals surface area (Å²) >= 11 is 0. The highest BCUT2D eigenvalue weighted by Crippen LogP contribution is 2.30. The van der Waals surface area contributed by atoms with Crippen LogP contribution in [0.3, 0.4) is 0 Å². The van der Waals surface area contributed by atoms with Crippen LogP contribution < -0.4 is 4.90 Å². The minimum atomic E-state index is -0.492. The van der Waals surface area contributed by atoms with E-state index in [1.807, 2.05) is 39.0 Å². The molecule has 1 aromatic rings. The van der Waals surface area contributed by atoms with Crippen LogP contribution in [-0.2, 0) is 17.8 Å². The van der Waals surface area contributed by atoms with Crippen molar-refractivity contribution in [3.63, 3.8) is 0 Å². The number of benzene rings is 1. The van der Waals surface area contributed by atoms with Crippen LogP contribution in [0.25, 0.3) is 0 Å². The van der Waals surface area contributed by atoms with Crippen LogP contribution in [-0.4, -0.2) is 23.3 Å². The van der Waals surface area contributed by atoms with Gasteiger partial charge in [0.15, 0.2) is 0 Å². The zero-order valence-electron chi connectivity index (χ0n) is 11.1. The van der Waals surface area contributed by atoms with E-state index >= 15 is 0 Å². The molecule has 0 unspecified atom stereocenters. The molecule has 0 fully saturated rings. The van der Waals surface area contributed by atoms with Crippen molar-refractivity contribution in [2.24, 2.45) is 0 Å². The first-order valence-corrected chi connectivity index (χ1v) is 6.14. The lowest BCUT2D eigenvalue weighted by Crippen LogP contribution is -2.35. The number of aliphatic hydroxyl groups excluding tert-OH is 1. The molecule has 98 valence electrons. The van der Waals surface area contributed by atoms with E-state index in [-0.39, 0.29) is 12.7 Å². The molecule has 1 aromatic carbocycles. The largest absolute Gasteiger partial charge is 0.443 e. The van der Waals surface area contributed by atoms with Crippen LogP contribution in [0.15, 0.2) is 18.2 Å². The lowest BCUT2D eigenvalue weighted by Gasteiger charge is -2.25. The molecule has 0 bridgehead atoms. The van der Waals surface area contributed by atoms with Gasteiger partial charge in [-0.25, -0.2) is 4.79 Å². The highest BCUT2D eigenvalue weighted by Gasteiger charge is 2.28. The van der Waals surface area contributed by atoms with Gasteiger partial charge in [-0.15, -0.1) is 0 Å². The SMILES string of the molecule is CC(C)(C)OC(=O)N1CCc2ccc(CO)cc21. The van der Waals surface area contributed by atoms with E-state index in [2.05, 4.69) is 0 Å². The Kier molecular flexibility index (Phi) is 3.30. The van der Waals surface area contributed by atoms with E-state index in [1.54, 1.807) is 4.90 Å². The van der Waals surface area contributed by atoms with E-state index in [1.165, 1.54) is 0 Å². The Morgan fingerprint density at radius 1 is 1.44 bits per heavy atom. The molecule has 4 nitrogen and oxygen atoms in total. The van der Waals surface area contributed by atoms with Crippen LogP contribution in [0, 0.1) is 0 Å². The number of nitrogens with zero attached hydrogens (tertiary/aromatic N) is 1. The zero-order chi connectivity index (χ0) is 13.3. The number of rotatable bonds is 1. The van der Waals surface area contributed by atoms with Gasteiger partial charge >= 0.3 is 6.09 Å². The van der Waals surface area contributed by atoms with Crippen LogP contribution in [0.2, 0.25) is 0 Å². The maximum Gasteiger partial charge on any atom is 0.414 e. The number of carbonyl (C=O) groups excluding carboxylic acids is 1. The molecule has 2 rings (SSSR count). The molecule has 0 saturated carbocycles. The van der Waals surface area contributed by atoms with Crippen molar-refractivity contribution in [1.29, 1.82) is 0 Å². The highest BCUT2D eigenvalue weighted by atomic mass is 16.6. The molecule has 4 heteroatoms. The van der Waals surface area contributed by atoms with Gasteiger partial charge in [0.2, 0.25) is 0 Å². The van der Waals surface area contributed by atoms with Gasteiger partial charge in [-0.05, 0) is 44.4 Å². The summed E-state index contributed by atoms with van der Waals surface area (Å²) in [6.07, 6.45) is 0.511. The molecule has 0 saturated heterocycles. The third-order valence-corrected chi connectivity index (χ3v) is 2.84. The average molecular weight is 249 g/mol. The zero-order valence-corrected chi connectivity index (χ0v) is 11.1. The van der Waals surface area contributed by atoms with Crippen LogP contribution in [0.4, 0.5) is 10.5 Å². The smallest absolute Gasteiger partial charge is 0.414 e. The average Bonchev–Trinajstić information content (AvgIpc) is 2.69. The number of aliphatic hydroxyl groups is 1. The van der Waals surface area contributed by atoms with Crippen LogP contribution in [0.5, 0.6) is 0 Å². The second kappa shape index (κ2) is 4.61. The van der Waals surface area contributed by atoms with Crippen molar-refractivity contribution in [1.82, 2.24) is 0 Å². The van der Waals surface area contributed by atoms with Crippen molar-refractivity contribution >= 4 is 11.8 Å². The van der Waals surface area contributed by atoms with E-state index in [9.17, 15) is 4.79 Å². The maximum absolute atomic E-state index is 12.1. The molecule has 0 aromatic heterocycles. The van der Waals surface area contributed by atoms with Crippen LogP contribution in [0.1, 0.15) is 31.9 Å². The summed E-state index contributed by atoms with van der Waals surface area (Å²) in [6, 6.07) is 5.70. The van der Waals surface area contributed by atoms with Crippen molar-refractivity contribution in [3.8, 4) is 0 Å². The summed E-state index contributed by atoms with van der Waals surface area (Å²) < 4.78 is 5.38. The minimum absolute atomic E-state index is 0.0184. The second-order valence-corrected chi connectivity index (χ2v) is 5.50. The third-order valence-electron chi connectivity index (χ3n) is 2.84. The summed E-state index contributed by atoms with van der Waals surface area (Å²) in [6.45, 7) is 6.18. The lowest BCUT2D eigenvalue weighted by atomic mass is 10.1. The predicted molar refractivity (Wildman–Crippen MR) is 69.6 cm³/mol. The van der Waals surface area contributed by atoms with Gasteiger partial charge in [-0.3, -0.25) is 4.90 Å². The van der Waals surface area contributed by atoms with Gasteiger partial charge in [0, 0.05) is 6.54 Å². The summed E-state index contributed by atoms with van der Waals surface area (Å²) in [7, 11) is 0.